The van der Waals surface area contributed by atoms with Crippen LogP contribution in [0.1, 0.15) is 5.56 Å². The van der Waals surface area contributed by atoms with Gasteiger partial charge in [-0.25, -0.2) is 0 Å². The van der Waals surface area contributed by atoms with Gasteiger partial charge in [0.15, 0.2) is 0 Å². The van der Waals surface area contributed by atoms with Gasteiger partial charge in [0.2, 0.25) is 0 Å². The number of H-pyrrole nitrogens is 1. The number of para-hydroxylation sites is 1. The molecule has 0 fully saturated rings. The van der Waals surface area contributed by atoms with Crippen molar-refractivity contribution in [3.8, 4) is 0 Å². The number of hydrogen-bond donors (Lipinski definition) is 1. The summed E-state index contributed by atoms with van der Waals surface area (Å²) in [7, 11) is 0. The summed E-state index contributed by atoms with van der Waals surface area (Å²) in [6, 6.07) is 12.8. The third-order valence-electron chi connectivity index (χ3n) is 3.25. The van der Waals surface area contributed by atoms with E-state index in [-0.39, 0.29) is 0 Å². The lowest BCUT2D eigenvalue weighted by Crippen LogP contribution is -1.78. The monoisotopic (exact) mass is 206 g/mol. The lowest BCUT2D eigenvalue weighted by atomic mass is 10.1. The highest BCUT2D eigenvalue weighted by atomic mass is 14.8. The number of nitrogens with zero attached hydrogens (tertiary/aromatic N) is 1. The first-order chi connectivity index (χ1) is 7.92. The van der Waals surface area contributed by atoms with Gasteiger partial charge in [0.1, 0.15) is 0 Å². The van der Waals surface area contributed by atoms with Gasteiger partial charge in [0.25, 0.3) is 0 Å². The van der Waals surface area contributed by atoms with Gasteiger partial charge >= 0.3 is 0 Å². The molecule has 76 valence electrons. The lowest BCUT2D eigenvalue weighted by molar-refractivity contribution is 1.42. The molecular weight excluding hydrogens is 196 g/mol. The summed E-state index contributed by atoms with van der Waals surface area (Å²) < 4.78 is 0. The van der Waals surface area contributed by atoms with E-state index in [1.165, 1.54) is 27.4 Å². The molecule has 2 aromatic carbocycles. The summed E-state index contributed by atoms with van der Waals surface area (Å²) >= 11 is 0. The van der Waals surface area contributed by atoms with Crippen LogP contribution in [0.3, 0.4) is 0 Å². The molecule has 0 saturated heterocycles. The van der Waals surface area contributed by atoms with Crippen molar-refractivity contribution < 1.29 is 0 Å². The van der Waals surface area contributed by atoms with Crippen LogP contribution in [0.4, 0.5) is 5.69 Å². The van der Waals surface area contributed by atoms with Gasteiger partial charge in [0.05, 0.1) is 5.69 Å². The van der Waals surface area contributed by atoms with Crippen LogP contribution in [-0.4, -0.2) is 11.2 Å². The van der Waals surface area contributed by atoms with E-state index in [9.17, 15) is 0 Å². The van der Waals surface area contributed by atoms with Crippen LogP contribution < -0.4 is 0 Å². The van der Waals surface area contributed by atoms with Gasteiger partial charge in [-0.1, -0.05) is 18.2 Å². The number of fused-ring (bicyclic) bond motifs is 4. The van der Waals surface area contributed by atoms with Gasteiger partial charge in [-0.2, -0.15) is 0 Å². The maximum Gasteiger partial charge on any atom is 0.0669 e. The van der Waals surface area contributed by atoms with Crippen molar-refractivity contribution in [3.05, 3.63) is 42.0 Å². The van der Waals surface area contributed by atoms with Crippen molar-refractivity contribution >= 4 is 33.7 Å². The number of aromatic amines is 1. The third-order valence-corrected chi connectivity index (χ3v) is 3.25. The zero-order valence-electron chi connectivity index (χ0n) is 8.70. The molecule has 4 rings (SSSR count). The Hall–Kier alpha value is -2.09. The second-order valence-electron chi connectivity index (χ2n) is 4.21. The van der Waals surface area contributed by atoms with Crippen LogP contribution in [0.2, 0.25) is 0 Å². The SMILES string of the molecule is C1=Nc2cc3c(cc2C1)[nH]c1ccccc13. The molecule has 0 atom stereocenters. The third kappa shape index (κ3) is 0.936. The second kappa shape index (κ2) is 2.73. The zero-order valence-corrected chi connectivity index (χ0v) is 8.70. The van der Waals surface area contributed by atoms with Crippen molar-refractivity contribution in [2.45, 2.75) is 6.42 Å². The normalized spacial score (nSPS) is 13.8. The minimum absolute atomic E-state index is 0.959. The van der Waals surface area contributed by atoms with Crippen LogP contribution in [0.25, 0.3) is 21.8 Å². The van der Waals surface area contributed by atoms with Crippen molar-refractivity contribution in [2.75, 3.05) is 0 Å². The average Bonchev–Trinajstić information content (AvgIpc) is 2.88. The van der Waals surface area contributed by atoms with Crippen LogP contribution in [0.5, 0.6) is 0 Å². The minimum atomic E-state index is 0.959. The molecule has 0 aliphatic carbocycles. The van der Waals surface area contributed by atoms with Gasteiger partial charge < -0.3 is 4.98 Å². The predicted octanol–water partition coefficient (Wildman–Crippen LogP) is 3.58. The number of aromatic nitrogens is 1. The molecule has 0 bridgehead atoms. The summed E-state index contributed by atoms with van der Waals surface area (Å²) in [5, 5.41) is 2.55. The summed E-state index contributed by atoms with van der Waals surface area (Å²) in [4.78, 5) is 7.85. The Morgan fingerprint density at radius 1 is 1.00 bits per heavy atom. The van der Waals surface area contributed by atoms with Crippen LogP contribution >= 0.6 is 0 Å². The maximum absolute atomic E-state index is 4.40. The Balaban J connectivity index is 2.22. The molecule has 0 spiro atoms. The Labute approximate surface area is 92.6 Å². The minimum Gasteiger partial charge on any atom is -0.355 e. The predicted molar refractivity (Wildman–Crippen MR) is 67.7 cm³/mol. The smallest absolute Gasteiger partial charge is 0.0669 e. The van der Waals surface area contributed by atoms with Crippen molar-refractivity contribution in [3.63, 3.8) is 0 Å². The van der Waals surface area contributed by atoms with Crippen molar-refractivity contribution in [1.29, 1.82) is 0 Å². The first-order valence-corrected chi connectivity index (χ1v) is 5.48. The van der Waals surface area contributed by atoms with E-state index < -0.39 is 0 Å². The Morgan fingerprint density at radius 2 is 1.94 bits per heavy atom. The second-order valence-corrected chi connectivity index (χ2v) is 4.21. The summed E-state index contributed by atoms with van der Waals surface area (Å²) in [6.07, 6.45) is 2.94. The molecule has 0 unspecified atom stereocenters. The van der Waals surface area contributed by atoms with Crippen molar-refractivity contribution in [1.82, 2.24) is 4.98 Å². The van der Waals surface area contributed by atoms with Gasteiger partial charge in [-0.05, 0) is 23.8 Å². The van der Waals surface area contributed by atoms with E-state index >= 15 is 0 Å². The lowest BCUT2D eigenvalue weighted by Gasteiger charge is -1.97. The number of nitrogens with one attached hydrogen (secondary N) is 1. The number of aliphatic imine (C=N–C) groups is 1. The fourth-order valence-electron chi connectivity index (χ4n) is 2.46. The molecule has 2 nitrogen and oxygen atoms in total. The highest BCUT2D eigenvalue weighted by molar-refractivity contribution is 6.09. The van der Waals surface area contributed by atoms with Crippen LogP contribution in [0.15, 0.2) is 41.4 Å². The van der Waals surface area contributed by atoms with Gasteiger partial charge in [-0.15, -0.1) is 0 Å². The Morgan fingerprint density at radius 3 is 2.94 bits per heavy atom. The molecule has 1 aliphatic rings. The molecule has 0 saturated carbocycles. The number of rotatable bonds is 0. The molecule has 1 aromatic heterocycles. The maximum atomic E-state index is 4.40. The summed E-state index contributed by atoms with van der Waals surface area (Å²) in [5.74, 6) is 0. The highest BCUT2D eigenvalue weighted by Gasteiger charge is 2.10. The van der Waals surface area contributed by atoms with E-state index in [0.717, 1.165) is 12.1 Å². The van der Waals surface area contributed by atoms with E-state index in [0.29, 0.717) is 0 Å². The van der Waals surface area contributed by atoms with E-state index in [4.69, 9.17) is 0 Å². The van der Waals surface area contributed by atoms with Crippen molar-refractivity contribution in [2.24, 2.45) is 4.99 Å². The average molecular weight is 206 g/mol. The Kier molecular flexibility index (Phi) is 1.38. The molecule has 1 N–H and O–H groups in total. The molecular formula is C14H10N2. The van der Waals surface area contributed by atoms with Gasteiger partial charge in [-0.3, -0.25) is 4.99 Å². The fourth-order valence-corrected chi connectivity index (χ4v) is 2.46. The summed E-state index contributed by atoms with van der Waals surface area (Å²) in [6.45, 7) is 0. The highest BCUT2D eigenvalue weighted by Crippen LogP contribution is 2.33. The first-order valence-electron chi connectivity index (χ1n) is 5.48. The largest absolute Gasteiger partial charge is 0.355 e. The molecule has 2 heterocycles. The van der Waals surface area contributed by atoms with Crippen LogP contribution in [-0.2, 0) is 6.42 Å². The number of benzene rings is 2. The molecule has 16 heavy (non-hydrogen) atoms. The topological polar surface area (TPSA) is 28.1 Å². The quantitative estimate of drug-likeness (QED) is 0.582. The molecule has 3 aromatic rings. The standard InChI is InChI=1S/C14H10N2/c1-2-4-12-10(3-1)11-8-13-9(5-6-15-13)7-14(11)16-12/h1-4,6-8,16H,5H2. The van der Waals surface area contributed by atoms with E-state index in [2.05, 4.69) is 46.4 Å². The first kappa shape index (κ1) is 8.11. The van der Waals surface area contributed by atoms with E-state index in [1.54, 1.807) is 0 Å². The Bertz CT molecular complexity index is 735. The van der Waals surface area contributed by atoms with Gasteiger partial charge in [0, 0.05) is 34.4 Å². The molecule has 2 heteroatoms. The summed E-state index contributed by atoms with van der Waals surface area (Å²) in [5.41, 5.74) is 4.85. The molecule has 0 amide bonds. The van der Waals surface area contributed by atoms with E-state index in [1.807, 2.05) is 6.21 Å². The molecule has 1 aliphatic heterocycles. The zero-order chi connectivity index (χ0) is 10.5. The fraction of sp³-hybridized carbons (Fsp3) is 0.0714. The number of hydrogen-bond acceptors (Lipinski definition) is 1. The van der Waals surface area contributed by atoms with Crippen LogP contribution in [0, 0.1) is 0 Å². The molecule has 0 radical (unpaired) electrons.